The lowest BCUT2D eigenvalue weighted by Crippen LogP contribution is -2.15. The van der Waals surface area contributed by atoms with Crippen LogP contribution in [0.1, 0.15) is 35.9 Å². The van der Waals surface area contributed by atoms with Gasteiger partial charge >= 0.3 is 6.61 Å². The maximum Gasteiger partial charge on any atom is 0.387 e. The van der Waals surface area contributed by atoms with Crippen LogP contribution < -0.4 is 4.74 Å². The Morgan fingerprint density at radius 2 is 2.31 bits per heavy atom. The fourth-order valence-corrected chi connectivity index (χ4v) is 2.03. The van der Waals surface area contributed by atoms with Crippen molar-refractivity contribution in [2.45, 2.75) is 38.9 Å². The van der Waals surface area contributed by atoms with E-state index in [4.69, 9.17) is 0 Å². The summed E-state index contributed by atoms with van der Waals surface area (Å²) < 4.78 is 28.9. The second kappa shape index (κ2) is 4.33. The van der Waals surface area contributed by atoms with Gasteiger partial charge in [-0.1, -0.05) is 0 Å². The van der Waals surface area contributed by atoms with Gasteiger partial charge in [-0.15, -0.1) is 0 Å². The first-order chi connectivity index (χ1) is 7.58. The third kappa shape index (κ3) is 2.14. The number of fused-ring (bicyclic) bond motifs is 1. The highest BCUT2D eigenvalue weighted by Gasteiger charge is 2.24. The number of pyridine rings is 1. The molecule has 0 bridgehead atoms. The molecule has 88 valence electrons. The number of aromatic nitrogens is 1. The van der Waals surface area contributed by atoms with Crippen molar-refractivity contribution >= 4 is 0 Å². The van der Waals surface area contributed by atoms with Crippen molar-refractivity contribution in [3.05, 3.63) is 23.0 Å². The molecule has 3 nitrogen and oxygen atoms in total. The number of nitrogens with zero attached hydrogens (tertiary/aromatic N) is 1. The molecule has 1 aliphatic carbocycles. The van der Waals surface area contributed by atoms with Crippen molar-refractivity contribution in [1.82, 2.24) is 4.98 Å². The molecule has 0 spiro atoms. The first-order valence-corrected chi connectivity index (χ1v) is 5.21. The van der Waals surface area contributed by atoms with E-state index in [0.717, 1.165) is 6.42 Å². The van der Waals surface area contributed by atoms with Crippen LogP contribution in [0.4, 0.5) is 8.78 Å². The summed E-state index contributed by atoms with van der Waals surface area (Å²) in [4.78, 5) is 4.19. The Hall–Kier alpha value is -1.23. The summed E-state index contributed by atoms with van der Waals surface area (Å²) in [5, 5.41) is 9.74. The van der Waals surface area contributed by atoms with Gasteiger partial charge in [0.1, 0.15) is 5.75 Å². The molecule has 1 N–H and O–H groups in total. The van der Waals surface area contributed by atoms with E-state index in [1.807, 2.05) is 0 Å². The number of aliphatic hydroxyl groups is 1. The first kappa shape index (κ1) is 11.3. The minimum absolute atomic E-state index is 0.149. The highest BCUT2D eigenvalue weighted by atomic mass is 19.3. The lowest BCUT2D eigenvalue weighted by atomic mass is 9.93. The van der Waals surface area contributed by atoms with Crippen LogP contribution in [0.25, 0.3) is 0 Å². The van der Waals surface area contributed by atoms with Gasteiger partial charge in [-0.05, 0) is 26.2 Å². The number of rotatable bonds is 2. The second-order valence-corrected chi connectivity index (χ2v) is 3.91. The Kier molecular flexibility index (Phi) is 3.05. The molecule has 1 atom stereocenters. The topological polar surface area (TPSA) is 42.4 Å². The zero-order valence-electron chi connectivity index (χ0n) is 8.91. The van der Waals surface area contributed by atoms with E-state index in [9.17, 15) is 13.9 Å². The lowest BCUT2D eigenvalue weighted by Gasteiger charge is -2.23. The van der Waals surface area contributed by atoms with Gasteiger partial charge in [0.15, 0.2) is 0 Å². The molecule has 0 radical (unpaired) electrons. The molecule has 0 aromatic carbocycles. The van der Waals surface area contributed by atoms with Crippen molar-refractivity contribution in [3.8, 4) is 5.75 Å². The molecule has 0 aliphatic heterocycles. The summed E-state index contributed by atoms with van der Waals surface area (Å²) in [6.45, 7) is -1.15. The number of halogens is 2. The van der Waals surface area contributed by atoms with Gasteiger partial charge in [0.2, 0.25) is 0 Å². The molecule has 1 aromatic rings. The van der Waals surface area contributed by atoms with E-state index in [1.54, 1.807) is 6.92 Å². The van der Waals surface area contributed by atoms with Crippen molar-refractivity contribution in [3.63, 3.8) is 0 Å². The smallest absolute Gasteiger partial charge is 0.387 e. The molecule has 1 unspecified atom stereocenters. The van der Waals surface area contributed by atoms with Gasteiger partial charge in [0.05, 0.1) is 11.8 Å². The SMILES string of the molecule is Cc1cc(OC(F)F)c2c(n1)C(O)CCC2. The number of ether oxygens (including phenoxy) is 1. The predicted octanol–water partition coefficient (Wildman–Crippen LogP) is 2.36. The number of hydrogen-bond acceptors (Lipinski definition) is 3. The Labute approximate surface area is 92.1 Å². The standard InChI is InChI=1S/C11H13F2NO2/c1-6-5-9(16-11(12)13)7-3-2-4-8(15)10(7)14-6/h5,8,11,15H,2-4H2,1H3. The Morgan fingerprint density at radius 3 is 3.00 bits per heavy atom. The van der Waals surface area contributed by atoms with Gasteiger partial charge in [0, 0.05) is 17.3 Å². The fraction of sp³-hybridized carbons (Fsp3) is 0.545. The summed E-state index contributed by atoms with van der Waals surface area (Å²) in [7, 11) is 0. The van der Waals surface area contributed by atoms with E-state index in [1.165, 1.54) is 6.07 Å². The Morgan fingerprint density at radius 1 is 1.56 bits per heavy atom. The van der Waals surface area contributed by atoms with Crippen LogP contribution >= 0.6 is 0 Å². The maximum atomic E-state index is 12.2. The summed E-state index contributed by atoms with van der Waals surface area (Å²) in [5.74, 6) is 0.149. The molecule has 1 aromatic heterocycles. The van der Waals surface area contributed by atoms with Gasteiger partial charge in [-0.25, -0.2) is 0 Å². The molecule has 0 amide bonds. The van der Waals surface area contributed by atoms with Crippen molar-refractivity contribution < 1.29 is 18.6 Å². The van der Waals surface area contributed by atoms with E-state index in [0.29, 0.717) is 29.8 Å². The minimum atomic E-state index is -2.84. The molecule has 0 saturated heterocycles. The molecular formula is C11H13F2NO2. The zero-order valence-corrected chi connectivity index (χ0v) is 8.91. The fourth-order valence-electron chi connectivity index (χ4n) is 2.03. The molecule has 5 heteroatoms. The first-order valence-electron chi connectivity index (χ1n) is 5.21. The third-order valence-corrected chi connectivity index (χ3v) is 2.68. The molecule has 2 rings (SSSR count). The summed E-state index contributed by atoms with van der Waals surface area (Å²) in [6, 6.07) is 1.49. The van der Waals surface area contributed by atoms with Crippen LogP contribution in [0.5, 0.6) is 5.75 Å². The Bertz CT molecular complexity index is 396. The van der Waals surface area contributed by atoms with Gasteiger partial charge < -0.3 is 9.84 Å². The number of hydrogen-bond donors (Lipinski definition) is 1. The third-order valence-electron chi connectivity index (χ3n) is 2.68. The number of alkyl halides is 2. The molecule has 1 aliphatic rings. The molecule has 16 heavy (non-hydrogen) atoms. The van der Waals surface area contributed by atoms with E-state index >= 15 is 0 Å². The molecule has 1 heterocycles. The molecule has 0 fully saturated rings. The molecular weight excluding hydrogens is 216 g/mol. The average molecular weight is 229 g/mol. The number of aryl methyl sites for hydroxylation is 1. The average Bonchev–Trinajstić information content (AvgIpc) is 2.18. The van der Waals surface area contributed by atoms with Crippen LogP contribution in [0, 0.1) is 6.92 Å². The van der Waals surface area contributed by atoms with Crippen LogP contribution in [0.2, 0.25) is 0 Å². The van der Waals surface area contributed by atoms with Gasteiger partial charge in [-0.3, -0.25) is 4.98 Å². The largest absolute Gasteiger partial charge is 0.434 e. The highest BCUT2D eigenvalue weighted by molar-refractivity contribution is 5.40. The molecule has 0 saturated carbocycles. The van der Waals surface area contributed by atoms with Crippen LogP contribution in [0.3, 0.4) is 0 Å². The minimum Gasteiger partial charge on any atom is -0.434 e. The van der Waals surface area contributed by atoms with E-state index in [-0.39, 0.29) is 5.75 Å². The number of aliphatic hydroxyl groups excluding tert-OH is 1. The normalized spacial score (nSPS) is 19.7. The summed E-state index contributed by atoms with van der Waals surface area (Å²) >= 11 is 0. The maximum absolute atomic E-state index is 12.2. The van der Waals surface area contributed by atoms with E-state index < -0.39 is 12.7 Å². The summed E-state index contributed by atoms with van der Waals surface area (Å²) in [5.41, 5.74) is 1.68. The lowest BCUT2D eigenvalue weighted by molar-refractivity contribution is -0.0509. The van der Waals surface area contributed by atoms with Crippen molar-refractivity contribution in [1.29, 1.82) is 0 Å². The zero-order chi connectivity index (χ0) is 11.7. The van der Waals surface area contributed by atoms with Crippen molar-refractivity contribution in [2.75, 3.05) is 0 Å². The van der Waals surface area contributed by atoms with E-state index in [2.05, 4.69) is 9.72 Å². The van der Waals surface area contributed by atoms with Gasteiger partial charge in [0.25, 0.3) is 0 Å². The van der Waals surface area contributed by atoms with Crippen molar-refractivity contribution in [2.24, 2.45) is 0 Å². The second-order valence-electron chi connectivity index (χ2n) is 3.91. The highest BCUT2D eigenvalue weighted by Crippen LogP contribution is 2.35. The van der Waals surface area contributed by atoms with Gasteiger partial charge in [-0.2, -0.15) is 8.78 Å². The van der Waals surface area contributed by atoms with Crippen LogP contribution in [-0.2, 0) is 6.42 Å². The Balaban J connectivity index is 2.44. The van der Waals surface area contributed by atoms with Crippen LogP contribution in [0.15, 0.2) is 6.07 Å². The monoisotopic (exact) mass is 229 g/mol. The summed E-state index contributed by atoms with van der Waals surface area (Å²) in [6.07, 6.45) is 1.35. The van der Waals surface area contributed by atoms with Crippen LogP contribution in [-0.4, -0.2) is 16.7 Å². The predicted molar refractivity (Wildman–Crippen MR) is 53.5 cm³/mol. The quantitative estimate of drug-likeness (QED) is 0.846.